The average Bonchev–Trinajstić information content (AvgIpc) is 2.61. The van der Waals surface area contributed by atoms with Gasteiger partial charge in [0.2, 0.25) is 10.0 Å². The molecule has 3 nitrogen and oxygen atoms in total. The molecule has 1 fully saturated rings. The number of piperidine rings is 1. The molecule has 0 aromatic heterocycles. The normalized spacial score (nSPS) is 18.5. The highest BCUT2D eigenvalue weighted by molar-refractivity contribution is 7.89. The quantitative estimate of drug-likeness (QED) is 0.768. The molecule has 0 amide bonds. The molecule has 3 rings (SSSR count). The van der Waals surface area contributed by atoms with Crippen LogP contribution in [0.4, 0.5) is 0 Å². The summed E-state index contributed by atoms with van der Waals surface area (Å²) in [5.74, 6) is 0. The monoisotopic (exact) mass is 359 g/mol. The maximum atomic E-state index is 13.0. The Morgan fingerprint density at radius 2 is 1.68 bits per heavy atom. The van der Waals surface area contributed by atoms with Crippen molar-refractivity contribution in [3.8, 4) is 0 Å². The summed E-state index contributed by atoms with van der Waals surface area (Å²) in [6, 6.07) is 17.6. The van der Waals surface area contributed by atoms with Crippen LogP contribution in [0.25, 0.3) is 0 Å². The highest BCUT2D eigenvalue weighted by Crippen LogP contribution is 2.28. The lowest BCUT2D eigenvalue weighted by molar-refractivity contribution is 0.241. The Labute approximate surface area is 152 Å². The number of rotatable bonds is 5. The molecular formula is C21H29NO2S. The first kappa shape index (κ1) is 19.7. The molecule has 0 aliphatic carbocycles. The molecule has 4 heteroatoms. The molecule has 0 radical (unpaired) electrons. The molecule has 0 bridgehead atoms. The lowest BCUT2D eigenvalue weighted by Crippen LogP contribution is -2.43. The van der Waals surface area contributed by atoms with Gasteiger partial charge in [-0.15, -0.1) is 0 Å². The van der Waals surface area contributed by atoms with Gasteiger partial charge in [-0.05, 0) is 50.3 Å². The third-order valence-corrected chi connectivity index (χ3v) is 6.78. The van der Waals surface area contributed by atoms with Crippen LogP contribution in [0.15, 0.2) is 59.5 Å². The third kappa shape index (κ3) is 4.71. The molecule has 0 saturated carbocycles. The van der Waals surface area contributed by atoms with Crippen molar-refractivity contribution in [3.05, 3.63) is 65.7 Å². The number of sulfonamides is 1. The second-order valence-corrected chi connectivity index (χ2v) is 8.49. The fourth-order valence-electron chi connectivity index (χ4n) is 3.40. The number of hydrogen-bond acceptors (Lipinski definition) is 2. The number of benzene rings is 2. The predicted octanol–water partition coefficient (Wildman–Crippen LogP) is 4.81. The second kappa shape index (κ2) is 8.63. The third-order valence-electron chi connectivity index (χ3n) is 4.81. The SMILES string of the molecule is C.Cc1ccc(S(=O)(=O)N2CCCCC2CCc2ccccc2)cc1. The standard InChI is InChI=1S/C20H25NO2S.CH4/c1-17-10-14-20(15-11-17)24(22,23)21-16-6-5-9-19(21)13-12-18-7-3-2-4-8-18;/h2-4,7-8,10-11,14-15,19H,5-6,9,12-13,16H2,1H3;1H4. The summed E-state index contributed by atoms with van der Waals surface area (Å²) in [7, 11) is -3.40. The van der Waals surface area contributed by atoms with Crippen molar-refractivity contribution in [1.29, 1.82) is 0 Å². The minimum Gasteiger partial charge on any atom is -0.207 e. The predicted molar refractivity (Wildman–Crippen MR) is 104 cm³/mol. The lowest BCUT2D eigenvalue weighted by Gasteiger charge is -2.34. The van der Waals surface area contributed by atoms with E-state index in [2.05, 4.69) is 12.1 Å². The van der Waals surface area contributed by atoms with Gasteiger partial charge in [0.05, 0.1) is 4.90 Å². The van der Waals surface area contributed by atoms with Gasteiger partial charge in [-0.2, -0.15) is 4.31 Å². The van der Waals surface area contributed by atoms with Crippen molar-refractivity contribution in [2.45, 2.75) is 57.4 Å². The van der Waals surface area contributed by atoms with Crippen LogP contribution in [0.2, 0.25) is 0 Å². The smallest absolute Gasteiger partial charge is 0.207 e. The molecule has 1 saturated heterocycles. The summed E-state index contributed by atoms with van der Waals surface area (Å²) in [5.41, 5.74) is 2.35. The molecule has 1 atom stereocenters. The molecule has 25 heavy (non-hydrogen) atoms. The highest BCUT2D eigenvalue weighted by Gasteiger charge is 2.33. The van der Waals surface area contributed by atoms with Crippen molar-refractivity contribution < 1.29 is 8.42 Å². The van der Waals surface area contributed by atoms with Gasteiger partial charge in [0.25, 0.3) is 0 Å². The summed E-state index contributed by atoms with van der Waals surface area (Å²) < 4.78 is 27.8. The molecule has 2 aromatic carbocycles. The fraction of sp³-hybridized carbons (Fsp3) is 0.429. The van der Waals surface area contributed by atoms with Gasteiger partial charge in [-0.3, -0.25) is 0 Å². The summed E-state index contributed by atoms with van der Waals surface area (Å²) in [5, 5.41) is 0. The Bertz CT molecular complexity index is 754. The van der Waals surface area contributed by atoms with E-state index in [1.54, 1.807) is 16.4 Å². The Morgan fingerprint density at radius 3 is 2.36 bits per heavy atom. The summed E-state index contributed by atoms with van der Waals surface area (Å²) in [6.07, 6.45) is 4.82. The van der Waals surface area contributed by atoms with Crippen LogP contribution >= 0.6 is 0 Å². The summed E-state index contributed by atoms with van der Waals surface area (Å²) in [4.78, 5) is 0.416. The Kier molecular flexibility index (Phi) is 6.79. The fourth-order valence-corrected chi connectivity index (χ4v) is 5.13. The number of nitrogens with zero attached hydrogens (tertiary/aromatic N) is 1. The molecule has 0 N–H and O–H groups in total. The Hall–Kier alpha value is -1.65. The zero-order valence-electron chi connectivity index (χ0n) is 14.2. The molecule has 2 aromatic rings. The van der Waals surface area contributed by atoms with Crippen LogP contribution in [0.3, 0.4) is 0 Å². The van der Waals surface area contributed by atoms with Gasteiger partial charge in [-0.25, -0.2) is 8.42 Å². The van der Waals surface area contributed by atoms with Crippen LogP contribution in [0, 0.1) is 6.92 Å². The molecule has 1 aliphatic rings. The van der Waals surface area contributed by atoms with E-state index < -0.39 is 10.0 Å². The summed E-state index contributed by atoms with van der Waals surface area (Å²) >= 11 is 0. The second-order valence-electron chi connectivity index (χ2n) is 6.60. The van der Waals surface area contributed by atoms with Crippen molar-refractivity contribution in [1.82, 2.24) is 4.31 Å². The Balaban J connectivity index is 0.00000225. The average molecular weight is 360 g/mol. The van der Waals surface area contributed by atoms with E-state index in [1.165, 1.54) is 5.56 Å². The van der Waals surface area contributed by atoms with Crippen LogP contribution in [0.1, 0.15) is 44.2 Å². The van der Waals surface area contributed by atoms with E-state index in [1.807, 2.05) is 37.3 Å². The highest BCUT2D eigenvalue weighted by atomic mass is 32.2. The topological polar surface area (TPSA) is 37.4 Å². The van der Waals surface area contributed by atoms with Crippen molar-refractivity contribution >= 4 is 10.0 Å². The van der Waals surface area contributed by atoms with Gasteiger partial charge in [-0.1, -0.05) is 61.9 Å². The number of hydrogen-bond donors (Lipinski definition) is 0. The lowest BCUT2D eigenvalue weighted by atomic mass is 9.98. The van der Waals surface area contributed by atoms with Crippen LogP contribution < -0.4 is 0 Å². The maximum absolute atomic E-state index is 13.0. The first-order chi connectivity index (χ1) is 11.6. The van der Waals surface area contributed by atoms with Gasteiger partial charge in [0.1, 0.15) is 0 Å². The van der Waals surface area contributed by atoms with Crippen LogP contribution in [0.5, 0.6) is 0 Å². The summed E-state index contributed by atoms with van der Waals surface area (Å²) in [6.45, 7) is 2.61. The zero-order valence-corrected chi connectivity index (χ0v) is 15.0. The van der Waals surface area contributed by atoms with Crippen molar-refractivity contribution in [2.24, 2.45) is 0 Å². The Morgan fingerprint density at radius 1 is 1.00 bits per heavy atom. The largest absolute Gasteiger partial charge is 0.243 e. The molecule has 1 aliphatic heterocycles. The van der Waals surface area contributed by atoms with E-state index in [9.17, 15) is 8.42 Å². The minimum atomic E-state index is -3.40. The van der Waals surface area contributed by atoms with Gasteiger partial charge < -0.3 is 0 Å². The van der Waals surface area contributed by atoms with E-state index in [0.717, 1.165) is 37.7 Å². The van der Waals surface area contributed by atoms with Crippen molar-refractivity contribution in [2.75, 3.05) is 6.54 Å². The van der Waals surface area contributed by atoms with Crippen LogP contribution in [-0.4, -0.2) is 25.3 Å². The van der Waals surface area contributed by atoms with Gasteiger partial charge >= 0.3 is 0 Å². The van der Waals surface area contributed by atoms with E-state index in [0.29, 0.717) is 11.4 Å². The first-order valence-electron chi connectivity index (χ1n) is 8.70. The van der Waals surface area contributed by atoms with Gasteiger partial charge in [0.15, 0.2) is 0 Å². The molecule has 136 valence electrons. The van der Waals surface area contributed by atoms with Crippen LogP contribution in [-0.2, 0) is 16.4 Å². The molecule has 1 heterocycles. The minimum absolute atomic E-state index is 0. The maximum Gasteiger partial charge on any atom is 0.243 e. The molecule has 1 unspecified atom stereocenters. The van der Waals surface area contributed by atoms with Crippen molar-refractivity contribution in [3.63, 3.8) is 0 Å². The molecule has 0 spiro atoms. The van der Waals surface area contributed by atoms with Gasteiger partial charge in [0, 0.05) is 12.6 Å². The van der Waals surface area contributed by atoms with E-state index in [4.69, 9.17) is 0 Å². The number of aryl methyl sites for hydroxylation is 2. The zero-order chi connectivity index (χ0) is 17.0. The van der Waals surface area contributed by atoms with E-state index >= 15 is 0 Å². The first-order valence-corrected chi connectivity index (χ1v) is 10.1. The van der Waals surface area contributed by atoms with E-state index in [-0.39, 0.29) is 13.5 Å². The molecular weight excluding hydrogens is 330 g/mol.